The van der Waals surface area contributed by atoms with Crippen molar-refractivity contribution in [2.75, 3.05) is 12.3 Å². The van der Waals surface area contributed by atoms with Crippen LogP contribution in [0.1, 0.15) is 13.8 Å². The summed E-state index contributed by atoms with van der Waals surface area (Å²) in [5, 5.41) is 3.24. The molecule has 2 unspecified atom stereocenters. The lowest BCUT2D eigenvalue weighted by atomic mass is 10.1. The Hall–Kier alpha value is -0.460. The maximum atomic E-state index is 12.6. The van der Waals surface area contributed by atoms with E-state index < -0.39 is 18.9 Å². The van der Waals surface area contributed by atoms with Crippen LogP contribution in [0.4, 0.5) is 17.6 Å². The lowest BCUT2D eigenvalue weighted by molar-refractivity contribution is -0.119. The summed E-state index contributed by atoms with van der Waals surface area (Å²) in [7, 11) is 0. The van der Waals surface area contributed by atoms with E-state index in [1.54, 1.807) is 0 Å². The van der Waals surface area contributed by atoms with Gasteiger partial charge in [0, 0.05) is 11.8 Å². The van der Waals surface area contributed by atoms with Gasteiger partial charge in [-0.25, -0.2) is 8.78 Å². The minimum absolute atomic E-state index is 0.125. The minimum Gasteiger partial charge on any atom is -0.362 e. The summed E-state index contributed by atoms with van der Waals surface area (Å²) < 4.78 is 48.9. The minimum atomic E-state index is -4.04. The molecule has 1 aliphatic heterocycles. The first-order chi connectivity index (χ1) is 7.33. The first-order valence-corrected chi connectivity index (χ1v) is 5.91. The molecule has 0 radical (unpaired) electrons. The number of rotatable bonds is 3. The second-order valence-corrected chi connectivity index (χ2v) is 4.91. The van der Waals surface area contributed by atoms with E-state index in [4.69, 9.17) is 0 Å². The summed E-state index contributed by atoms with van der Waals surface area (Å²) >= 11 is 1.29. The molecule has 0 bridgehead atoms. The van der Waals surface area contributed by atoms with E-state index in [1.807, 2.05) is 13.8 Å². The van der Waals surface area contributed by atoms with Gasteiger partial charge in [0.1, 0.15) is 6.54 Å². The summed E-state index contributed by atoms with van der Waals surface area (Å²) in [6.45, 7) is 2.77. The second-order valence-electron chi connectivity index (χ2n) is 3.90. The molecule has 0 spiro atoms. The average Bonchev–Trinajstić information content (AvgIpc) is 2.20. The smallest absolute Gasteiger partial charge is 0.326 e. The number of amidine groups is 1. The molecule has 2 atom stereocenters. The van der Waals surface area contributed by atoms with Crippen molar-refractivity contribution in [1.82, 2.24) is 5.32 Å². The fraction of sp³-hybridized carbons (Fsp3) is 0.889. The van der Waals surface area contributed by atoms with E-state index in [0.29, 0.717) is 11.1 Å². The van der Waals surface area contributed by atoms with Crippen molar-refractivity contribution in [3.8, 4) is 0 Å². The largest absolute Gasteiger partial charge is 0.362 e. The molecule has 7 heteroatoms. The second kappa shape index (κ2) is 5.25. The zero-order chi connectivity index (χ0) is 12.3. The van der Waals surface area contributed by atoms with Crippen LogP contribution in [0, 0.1) is 5.92 Å². The fourth-order valence-electron chi connectivity index (χ4n) is 1.07. The van der Waals surface area contributed by atoms with Crippen LogP contribution in [0.5, 0.6) is 0 Å². The van der Waals surface area contributed by atoms with Crippen LogP contribution in [-0.2, 0) is 0 Å². The third-order valence-electron chi connectivity index (χ3n) is 2.44. The number of hydrogen-bond donors (Lipinski definition) is 1. The van der Waals surface area contributed by atoms with E-state index in [9.17, 15) is 17.6 Å². The summed E-state index contributed by atoms with van der Waals surface area (Å²) in [5.41, 5.74) is 0. The SMILES string of the molecule is CC1CSC(=NCC(F)(F)C(F)F)NC1C. The number of aliphatic imine (C=N–C) groups is 1. The van der Waals surface area contributed by atoms with Crippen LogP contribution in [-0.4, -0.2) is 35.9 Å². The van der Waals surface area contributed by atoms with Crippen molar-refractivity contribution in [1.29, 1.82) is 0 Å². The molecule has 0 amide bonds. The van der Waals surface area contributed by atoms with Gasteiger partial charge in [-0.05, 0) is 12.8 Å². The van der Waals surface area contributed by atoms with E-state index in [1.165, 1.54) is 11.8 Å². The Balaban J connectivity index is 2.53. The van der Waals surface area contributed by atoms with Crippen molar-refractivity contribution in [3.63, 3.8) is 0 Å². The van der Waals surface area contributed by atoms with Crippen molar-refractivity contribution in [2.45, 2.75) is 32.2 Å². The van der Waals surface area contributed by atoms with Crippen LogP contribution in [0.25, 0.3) is 0 Å². The molecule has 0 aromatic rings. The molecule has 94 valence electrons. The topological polar surface area (TPSA) is 24.4 Å². The normalized spacial score (nSPS) is 29.6. The van der Waals surface area contributed by atoms with Crippen molar-refractivity contribution < 1.29 is 17.6 Å². The zero-order valence-corrected chi connectivity index (χ0v) is 9.83. The lowest BCUT2D eigenvalue weighted by Crippen LogP contribution is -2.42. The van der Waals surface area contributed by atoms with Crippen LogP contribution in [0.3, 0.4) is 0 Å². The molecule has 1 heterocycles. The first-order valence-electron chi connectivity index (χ1n) is 4.92. The van der Waals surface area contributed by atoms with Gasteiger partial charge in [0.05, 0.1) is 0 Å². The Labute approximate surface area is 95.9 Å². The maximum Gasteiger partial charge on any atom is 0.326 e. The maximum absolute atomic E-state index is 12.6. The Morgan fingerprint density at radius 3 is 2.62 bits per heavy atom. The highest BCUT2D eigenvalue weighted by Gasteiger charge is 2.40. The van der Waals surface area contributed by atoms with Crippen LogP contribution in [0.15, 0.2) is 4.99 Å². The molecular weight excluding hydrogens is 244 g/mol. The van der Waals surface area contributed by atoms with Gasteiger partial charge >= 0.3 is 12.3 Å². The Morgan fingerprint density at radius 2 is 2.12 bits per heavy atom. The number of halogens is 4. The van der Waals surface area contributed by atoms with Gasteiger partial charge in [0.15, 0.2) is 5.17 Å². The molecule has 1 saturated heterocycles. The molecule has 1 aliphatic rings. The van der Waals surface area contributed by atoms with Crippen molar-refractivity contribution in [2.24, 2.45) is 10.9 Å². The predicted molar refractivity (Wildman–Crippen MR) is 57.5 cm³/mol. The van der Waals surface area contributed by atoms with E-state index in [-0.39, 0.29) is 6.04 Å². The van der Waals surface area contributed by atoms with Gasteiger partial charge in [-0.15, -0.1) is 0 Å². The molecule has 16 heavy (non-hydrogen) atoms. The predicted octanol–water partition coefficient (Wildman–Crippen LogP) is 2.60. The Morgan fingerprint density at radius 1 is 1.50 bits per heavy atom. The van der Waals surface area contributed by atoms with E-state index >= 15 is 0 Å². The van der Waals surface area contributed by atoms with Crippen LogP contribution >= 0.6 is 11.8 Å². The first kappa shape index (κ1) is 13.6. The number of hydrogen-bond acceptors (Lipinski definition) is 2. The van der Waals surface area contributed by atoms with Crippen molar-refractivity contribution in [3.05, 3.63) is 0 Å². The van der Waals surface area contributed by atoms with E-state index in [2.05, 4.69) is 10.3 Å². The highest BCUT2D eigenvalue weighted by molar-refractivity contribution is 8.13. The molecule has 0 aromatic carbocycles. The van der Waals surface area contributed by atoms with Gasteiger partial charge in [0.2, 0.25) is 0 Å². The number of nitrogens with one attached hydrogen (secondary N) is 1. The van der Waals surface area contributed by atoms with Gasteiger partial charge in [-0.2, -0.15) is 8.78 Å². The number of thioether (sulfide) groups is 1. The van der Waals surface area contributed by atoms with Gasteiger partial charge in [-0.3, -0.25) is 4.99 Å². The van der Waals surface area contributed by atoms with E-state index in [0.717, 1.165) is 5.75 Å². The van der Waals surface area contributed by atoms with Crippen LogP contribution < -0.4 is 5.32 Å². The highest BCUT2D eigenvalue weighted by Crippen LogP contribution is 2.24. The third kappa shape index (κ3) is 3.54. The molecular formula is C9H14F4N2S. The summed E-state index contributed by atoms with van der Waals surface area (Å²) in [6, 6.07) is 0.125. The lowest BCUT2D eigenvalue weighted by Gasteiger charge is -2.28. The number of nitrogens with zero attached hydrogens (tertiary/aromatic N) is 1. The monoisotopic (exact) mass is 258 g/mol. The standard InChI is InChI=1S/C9H14F4N2S/c1-5-3-16-8(15-6(5)2)14-4-9(12,13)7(10)11/h5-7H,3-4H2,1-2H3,(H,14,15). The molecule has 2 nitrogen and oxygen atoms in total. The molecule has 1 N–H and O–H groups in total. The molecule has 0 aliphatic carbocycles. The van der Waals surface area contributed by atoms with Gasteiger partial charge < -0.3 is 5.32 Å². The summed E-state index contributed by atoms with van der Waals surface area (Å²) in [5.74, 6) is -2.88. The van der Waals surface area contributed by atoms with Crippen LogP contribution in [0.2, 0.25) is 0 Å². The molecule has 1 rings (SSSR count). The molecule has 1 fully saturated rings. The van der Waals surface area contributed by atoms with Crippen molar-refractivity contribution >= 4 is 16.9 Å². The average molecular weight is 258 g/mol. The molecule has 0 aromatic heterocycles. The fourth-order valence-corrected chi connectivity index (χ4v) is 2.21. The highest BCUT2D eigenvalue weighted by atomic mass is 32.2. The van der Waals surface area contributed by atoms with Gasteiger partial charge in [-0.1, -0.05) is 18.7 Å². The quantitative estimate of drug-likeness (QED) is 0.787. The Kier molecular flexibility index (Phi) is 4.46. The Bertz CT molecular complexity index is 270. The zero-order valence-electron chi connectivity index (χ0n) is 9.01. The third-order valence-corrected chi connectivity index (χ3v) is 3.65. The number of alkyl halides is 4. The van der Waals surface area contributed by atoms with Gasteiger partial charge in [0.25, 0.3) is 0 Å². The summed E-state index contributed by atoms with van der Waals surface area (Å²) in [4.78, 5) is 3.50. The molecule has 0 saturated carbocycles. The summed E-state index contributed by atoms with van der Waals surface area (Å²) in [6.07, 6.45) is -3.67.